The molecule has 1 aromatic carbocycles. The minimum Gasteiger partial charge on any atom is -0.494 e. The maximum Gasteiger partial charge on any atom is 0.184 e. The first kappa shape index (κ1) is 13.7. The van der Waals surface area contributed by atoms with Crippen LogP contribution in [0.4, 0.5) is 5.69 Å². The number of anilines is 1. The number of benzene rings is 1. The van der Waals surface area contributed by atoms with Crippen molar-refractivity contribution in [3.05, 3.63) is 53.4 Å². The van der Waals surface area contributed by atoms with Crippen molar-refractivity contribution in [2.45, 2.75) is 12.8 Å². The van der Waals surface area contributed by atoms with Crippen LogP contribution in [0, 0.1) is 0 Å². The third kappa shape index (κ3) is 3.08. The number of aryl methyl sites for hydroxylation is 1. The van der Waals surface area contributed by atoms with Crippen LogP contribution < -0.4 is 10.5 Å². The molecule has 0 saturated heterocycles. The number of pyridine rings is 1. The zero-order valence-corrected chi connectivity index (χ0v) is 12.1. The van der Waals surface area contributed by atoms with Crippen molar-refractivity contribution in [2.75, 3.05) is 12.3 Å². The Morgan fingerprint density at radius 2 is 2.00 bits per heavy atom. The number of hydrogen-bond acceptors (Lipinski definition) is 4. The van der Waals surface area contributed by atoms with Crippen LogP contribution in [0.3, 0.4) is 0 Å². The van der Waals surface area contributed by atoms with E-state index in [-0.39, 0.29) is 0 Å². The molecule has 6 heteroatoms. The second-order valence-electron chi connectivity index (χ2n) is 4.69. The first-order valence-corrected chi connectivity index (χ1v) is 7.08. The molecule has 0 atom stereocenters. The zero-order valence-electron chi connectivity index (χ0n) is 11.4. The Balaban J connectivity index is 1.63. The maximum atomic E-state index is 6.01. The van der Waals surface area contributed by atoms with Crippen LogP contribution in [-0.2, 0) is 6.42 Å². The largest absolute Gasteiger partial charge is 0.494 e. The summed E-state index contributed by atoms with van der Waals surface area (Å²) in [6.45, 7) is 0.620. The number of nitrogen functional groups attached to an aromatic ring is 1. The van der Waals surface area contributed by atoms with E-state index in [4.69, 9.17) is 22.1 Å². The number of aromatic nitrogens is 3. The van der Waals surface area contributed by atoms with Crippen LogP contribution in [0.15, 0.2) is 42.6 Å². The molecule has 0 bridgehead atoms. The fourth-order valence-electron chi connectivity index (χ4n) is 2.14. The van der Waals surface area contributed by atoms with Gasteiger partial charge in [0.15, 0.2) is 5.65 Å². The van der Waals surface area contributed by atoms with E-state index < -0.39 is 0 Å². The van der Waals surface area contributed by atoms with Crippen molar-refractivity contribution < 1.29 is 4.74 Å². The number of halogens is 1. The molecule has 0 aliphatic heterocycles. The summed E-state index contributed by atoms with van der Waals surface area (Å²) in [7, 11) is 0. The van der Waals surface area contributed by atoms with Gasteiger partial charge in [-0.1, -0.05) is 29.8 Å². The van der Waals surface area contributed by atoms with Crippen molar-refractivity contribution in [2.24, 2.45) is 0 Å². The second-order valence-corrected chi connectivity index (χ2v) is 5.13. The average molecular weight is 303 g/mol. The highest BCUT2D eigenvalue weighted by atomic mass is 35.5. The van der Waals surface area contributed by atoms with E-state index in [1.165, 1.54) is 0 Å². The minimum absolute atomic E-state index is 0.529. The molecule has 0 aliphatic carbocycles. The van der Waals surface area contributed by atoms with E-state index in [9.17, 15) is 0 Å². The summed E-state index contributed by atoms with van der Waals surface area (Å²) in [6, 6.07) is 11.4. The highest BCUT2D eigenvalue weighted by Gasteiger charge is 2.09. The van der Waals surface area contributed by atoms with E-state index in [0.717, 1.165) is 24.4 Å². The summed E-state index contributed by atoms with van der Waals surface area (Å²) in [5.74, 6) is 1.70. The summed E-state index contributed by atoms with van der Waals surface area (Å²) in [4.78, 5) is 0. The second kappa shape index (κ2) is 6.01. The van der Waals surface area contributed by atoms with Gasteiger partial charge in [0.25, 0.3) is 0 Å². The van der Waals surface area contributed by atoms with Crippen molar-refractivity contribution in [1.82, 2.24) is 14.6 Å². The van der Waals surface area contributed by atoms with Gasteiger partial charge in [0.05, 0.1) is 17.3 Å². The molecule has 2 heterocycles. The molecule has 108 valence electrons. The van der Waals surface area contributed by atoms with Crippen LogP contribution in [0.5, 0.6) is 5.75 Å². The van der Waals surface area contributed by atoms with Gasteiger partial charge < -0.3 is 10.5 Å². The van der Waals surface area contributed by atoms with Gasteiger partial charge in [-0.15, -0.1) is 10.2 Å². The number of hydrogen-bond donors (Lipinski definition) is 1. The molecular formula is C15H15ClN4O. The van der Waals surface area contributed by atoms with Crippen LogP contribution in [-0.4, -0.2) is 21.2 Å². The molecule has 0 saturated carbocycles. The van der Waals surface area contributed by atoms with Gasteiger partial charge in [-0.3, -0.25) is 4.40 Å². The van der Waals surface area contributed by atoms with Gasteiger partial charge in [-0.2, -0.15) is 0 Å². The molecule has 0 unspecified atom stereocenters. The number of para-hydroxylation sites is 1. The highest BCUT2D eigenvalue weighted by Crippen LogP contribution is 2.19. The van der Waals surface area contributed by atoms with Gasteiger partial charge in [0.2, 0.25) is 0 Å². The van der Waals surface area contributed by atoms with Crippen molar-refractivity contribution in [1.29, 1.82) is 0 Å². The Labute approximate surface area is 127 Å². The average Bonchev–Trinajstić information content (AvgIpc) is 2.88. The normalized spacial score (nSPS) is 10.9. The molecule has 21 heavy (non-hydrogen) atoms. The van der Waals surface area contributed by atoms with Gasteiger partial charge in [0, 0.05) is 12.6 Å². The van der Waals surface area contributed by atoms with Crippen LogP contribution in [0.1, 0.15) is 12.2 Å². The quantitative estimate of drug-likeness (QED) is 0.736. The Hall–Kier alpha value is -2.27. The summed E-state index contributed by atoms with van der Waals surface area (Å²) in [5.41, 5.74) is 7.04. The summed E-state index contributed by atoms with van der Waals surface area (Å²) in [5, 5.41) is 8.82. The lowest BCUT2D eigenvalue weighted by molar-refractivity contribution is 0.309. The zero-order chi connectivity index (χ0) is 14.7. The maximum absolute atomic E-state index is 6.01. The fourth-order valence-corrected chi connectivity index (χ4v) is 2.35. The molecular weight excluding hydrogens is 288 g/mol. The van der Waals surface area contributed by atoms with Gasteiger partial charge in [-0.25, -0.2) is 0 Å². The van der Waals surface area contributed by atoms with Crippen molar-refractivity contribution >= 4 is 22.9 Å². The Morgan fingerprint density at radius 1 is 1.19 bits per heavy atom. The first-order valence-electron chi connectivity index (χ1n) is 6.70. The van der Waals surface area contributed by atoms with E-state index in [0.29, 0.717) is 23.0 Å². The van der Waals surface area contributed by atoms with Gasteiger partial charge >= 0.3 is 0 Å². The predicted octanol–water partition coefficient (Wildman–Crippen LogP) is 2.98. The smallest absolute Gasteiger partial charge is 0.184 e. The van der Waals surface area contributed by atoms with Crippen LogP contribution in [0.25, 0.3) is 5.65 Å². The number of rotatable bonds is 5. The monoisotopic (exact) mass is 302 g/mol. The third-order valence-corrected chi connectivity index (χ3v) is 3.33. The Kier molecular flexibility index (Phi) is 3.92. The van der Waals surface area contributed by atoms with Crippen LogP contribution in [0.2, 0.25) is 5.02 Å². The Morgan fingerprint density at radius 3 is 2.81 bits per heavy atom. The summed E-state index contributed by atoms with van der Waals surface area (Å²) < 4.78 is 7.49. The molecule has 3 rings (SSSR count). The number of nitrogens with two attached hydrogens (primary N) is 1. The standard InChI is InChI=1S/C15H15ClN4O/c16-11-9-13(17)15-19-18-14(20(15)10-11)7-4-8-21-12-5-2-1-3-6-12/h1-3,5-6,9-10H,4,7-8,17H2. The SMILES string of the molecule is Nc1cc(Cl)cn2c(CCCOc3ccccc3)nnc12. The molecule has 0 spiro atoms. The molecule has 0 fully saturated rings. The topological polar surface area (TPSA) is 65.4 Å². The lowest BCUT2D eigenvalue weighted by Gasteiger charge is -2.05. The Bertz CT molecular complexity index is 742. The first-order chi connectivity index (χ1) is 10.2. The van der Waals surface area contributed by atoms with Crippen LogP contribution >= 0.6 is 11.6 Å². The minimum atomic E-state index is 0.529. The fraction of sp³-hybridized carbons (Fsp3) is 0.200. The van der Waals surface area contributed by atoms with Crippen molar-refractivity contribution in [3.63, 3.8) is 0 Å². The molecule has 2 aromatic heterocycles. The third-order valence-electron chi connectivity index (χ3n) is 3.13. The molecule has 0 aliphatic rings. The predicted molar refractivity (Wildman–Crippen MR) is 82.7 cm³/mol. The van der Waals surface area contributed by atoms with E-state index in [1.54, 1.807) is 12.3 Å². The molecule has 0 radical (unpaired) electrons. The number of ether oxygens (including phenoxy) is 1. The lowest BCUT2D eigenvalue weighted by Crippen LogP contribution is -2.02. The summed E-state index contributed by atoms with van der Waals surface area (Å²) >= 11 is 6.01. The molecule has 2 N–H and O–H groups in total. The van der Waals surface area contributed by atoms with E-state index in [1.807, 2.05) is 34.7 Å². The highest BCUT2D eigenvalue weighted by molar-refractivity contribution is 6.30. The van der Waals surface area contributed by atoms with E-state index in [2.05, 4.69) is 10.2 Å². The number of nitrogens with zero attached hydrogens (tertiary/aromatic N) is 3. The molecule has 5 nitrogen and oxygen atoms in total. The van der Waals surface area contributed by atoms with Crippen molar-refractivity contribution in [3.8, 4) is 5.75 Å². The lowest BCUT2D eigenvalue weighted by atomic mass is 10.3. The number of fused-ring (bicyclic) bond motifs is 1. The molecule has 0 amide bonds. The molecule has 3 aromatic rings. The van der Waals surface area contributed by atoms with Gasteiger partial charge in [-0.05, 0) is 24.6 Å². The van der Waals surface area contributed by atoms with Gasteiger partial charge in [0.1, 0.15) is 11.6 Å². The summed E-state index contributed by atoms with van der Waals surface area (Å²) in [6.07, 6.45) is 3.36. The van der Waals surface area contributed by atoms with E-state index >= 15 is 0 Å².